The molecular formula is C25H20ClFN2O3. The van der Waals surface area contributed by atoms with Crippen LogP contribution in [0.5, 0.6) is 5.75 Å². The molecule has 0 aliphatic carbocycles. The highest BCUT2D eigenvalue weighted by atomic mass is 35.5. The molecule has 32 heavy (non-hydrogen) atoms. The summed E-state index contributed by atoms with van der Waals surface area (Å²) >= 11 is 5.96. The number of benzene rings is 3. The molecule has 1 heterocycles. The molecule has 3 aromatic carbocycles. The average molecular weight is 451 g/mol. The Hall–Kier alpha value is -3.64. The maximum atomic E-state index is 13.3. The molecule has 7 heteroatoms. The second-order valence-electron chi connectivity index (χ2n) is 7.21. The molecule has 0 atom stereocenters. The van der Waals surface area contributed by atoms with Crippen molar-refractivity contribution in [3.63, 3.8) is 0 Å². The molecule has 0 spiro atoms. The van der Waals surface area contributed by atoms with E-state index in [1.165, 1.54) is 12.1 Å². The van der Waals surface area contributed by atoms with Crippen LogP contribution in [0, 0.1) is 5.82 Å². The van der Waals surface area contributed by atoms with Gasteiger partial charge in [-0.15, -0.1) is 0 Å². The molecule has 0 fully saturated rings. The van der Waals surface area contributed by atoms with E-state index in [9.17, 15) is 9.18 Å². The molecule has 162 valence electrons. The SMILES string of the molecule is COc1ccc(-c2cc(CN(Cc3ccc(F)cc3)C(=O)c3ccc(Cl)cc3)no2)cc1. The van der Waals surface area contributed by atoms with Crippen LogP contribution in [-0.4, -0.2) is 23.1 Å². The van der Waals surface area contributed by atoms with Crippen molar-refractivity contribution in [2.24, 2.45) is 0 Å². The van der Waals surface area contributed by atoms with E-state index in [1.807, 2.05) is 24.3 Å². The highest BCUT2D eigenvalue weighted by Gasteiger charge is 2.19. The van der Waals surface area contributed by atoms with Crippen LogP contribution in [0.2, 0.25) is 5.02 Å². The average Bonchev–Trinajstić information content (AvgIpc) is 3.29. The van der Waals surface area contributed by atoms with Crippen molar-refractivity contribution in [2.45, 2.75) is 13.1 Å². The van der Waals surface area contributed by atoms with E-state index in [0.29, 0.717) is 22.0 Å². The van der Waals surface area contributed by atoms with Crippen molar-refractivity contribution >= 4 is 17.5 Å². The number of carbonyl (C=O) groups excluding carboxylic acids is 1. The number of rotatable bonds is 7. The lowest BCUT2D eigenvalue weighted by atomic mass is 10.1. The summed E-state index contributed by atoms with van der Waals surface area (Å²) < 4.78 is 24.0. The summed E-state index contributed by atoms with van der Waals surface area (Å²) in [7, 11) is 1.61. The van der Waals surface area contributed by atoms with Gasteiger partial charge in [0.05, 0.1) is 13.7 Å². The Morgan fingerprint density at radius 2 is 1.69 bits per heavy atom. The summed E-state index contributed by atoms with van der Waals surface area (Å²) in [6.07, 6.45) is 0. The molecule has 0 aliphatic heterocycles. The predicted molar refractivity (Wildman–Crippen MR) is 120 cm³/mol. The van der Waals surface area contributed by atoms with Crippen molar-refractivity contribution in [2.75, 3.05) is 7.11 Å². The van der Waals surface area contributed by atoms with Crippen LogP contribution < -0.4 is 4.74 Å². The van der Waals surface area contributed by atoms with Gasteiger partial charge in [-0.1, -0.05) is 28.9 Å². The number of amides is 1. The van der Waals surface area contributed by atoms with Gasteiger partial charge in [0.25, 0.3) is 5.91 Å². The zero-order valence-corrected chi connectivity index (χ0v) is 18.1. The molecule has 4 aromatic rings. The molecule has 0 saturated carbocycles. The van der Waals surface area contributed by atoms with Gasteiger partial charge in [0.15, 0.2) is 5.76 Å². The minimum atomic E-state index is -0.329. The lowest BCUT2D eigenvalue weighted by Crippen LogP contribution is -2.30. The Morgan fingerprint density at radius 1 is 1.00 bits per heavy atom. The first kappa shape index (κ1) is 21.6. The highest BCUT2D eigenvalue weighted by Crippen LogP contribution is 2.24. The Bertz CT molecular complexity index is 1190. The topological polar surface area (TPSA) is 55.6 Å². The van der Waals surface area contributed by atoms with E-state index in [-0.39, 0.29) is 24.8 Å². The zero-order chi connectivity index (χ0) is 22.5. The first-order valence-corrected chi connectivity index (χ1v) is 10.3. The van der Waals surface area contributed by atoms with Crippen LogP contribution in [0.15, 0.2) is 83.4 Å². The first-order valence-electron chi connectivity index (χ1n) is 9.91. The smallest absolute Gasteiger partial charge is 0.254 e. The Kier molecular flexibility index (Phi) is 6.52. The molecule has 0 radical (unpaired) electrons. The third-order valence-corrected chi connectivity index (χ3v) is 5.20. The number of hydrogen-bond donors (Lipinski definition) is 0. The van der Waals surface area contributed by atoms with E-state index < -0.39 is 0 Å². The summed E-state index contributed by atoms with van der Waals surface area (Å²) in [5.74, 6) is 0.806. The molecule has 0 N–H and O–H groups in total. The summed E-state index contributed by atoms with van der Waals surface area (Å²) in [6.45, 7) is 0.505. The normalized spacial score (nSPS) is 10.7. The second kappa shape index (κ2) is 9.66. The van der Waals surface area contributed by atoms with E-state index in [0.717, 1.165) is 16.9 Å². The minimum absolute atomic E-state index is 0.194. The van der Waals surface area contributed by atoms with Crippen molar-refractivity contribution in [3.8, 4) is 17.1 Å². The van der Waals surface area contributed by atoms with Gasteiger partial charge in [-0.25, -0.2) is 4.39 Å². The van der Waals surface area contributed by atoms with Gasteiger partial charge in [0.1, 0.15) is 17.3 Å². The minimum Gasteiger partial charge on any atom is -0.497 e. The number of carbonyl (C=O) groups is 1. The lowest BCUT2D eigenvalue weighted by Gasteiger charge is -2.22. The van der Waals surface area contributed by atoms with Crippen molar-refractivity contribution in [1.29, 1.82) is 0 Å². The van der Waals surface area contributed by atoms with Crippen LogP contribution in [0.25, 0.3) is 11.3 Å². The summed E-state index contributed by atoms with van der Waals surface area (Å²) in [5, 5.41) is 4.69. The van der Waals surface area contributed by atoms with E-state index in [1.54, 1.807) is 54.5 Å². The van der Waals surface area contributed by atoms with Crippen LogP contribution in [0.3, 0.4) is 0 Å². The maximum Gasteiger partial charge on any atom is 0.254 e. The zero-order valence-electron chi connectivity index (χ0n) is 17.3. The Labute approximate surface area is 190 Å². The molecular weight excluding hydrogens is 431 g/mol. The third-order valence-electron chi connectivity index (χ3n) is 4.95. The molecule has 1 amide bonds. The number of aromatic nitrogens is 1. The fraction of sp³-hybridized carbons (Fsp3) is 0.120. The van der Waals surface area contributed by atoms with Crippen molar-refractivity contribution in [1.82, 2.24) is 10.1 Å². The van der Waals surface area contributed by atoms with E-state index in [4.69, 9.17) is 20.9 Å². The van der Waals surface area contributed by atoms with Gasteiger partial charge in [-0.2, -0.15) is 0 Å². The quantitative estimate of drug-likeness (QED) is 0.347. The maximum absolute atomic E-state index is 13.3. The standard InChI is InChI=1S/C25H20ClFN2O3/c1-31-23-12-6-18(7-13-23)24-14-22(28-32-24)16-29(15-17-2-10-21(27)11-3-17)25(30)19-4-8-20(26)9-5-19/h2-14H,15-16H2,1H3. The number of ether oxygens (including phenoxy) is 1. The molecule has 0 aliphatic rings. The molecule has 0 unspecified atom stereocenters. The van der Waals surface area contributed by atoms with Gasteiger partial charge in [0, 0.05) is 28.8 Å². The summed E-state index contributed by atoms with van der Waals surface area (Å²) in [6, 6.07) is 22.0. The monoisotopic (exact) mass is 450 g/mol. The van der Waals surface area contributed by atoms with Gasteiger partial charge < -0.3 is 14.2 Å². The largest absolute Gasteiger partial charge is 0.497 e. The lowest BCUT2D eigenvalue weighted by molar-refractivity contribution is 0.0726. The molecule has 0 bridgehead atoms. The highest BCUT2D eigenvalue weighted by molar-refractivity contribution is 6.30. The van der Waals surface area contributed by atoms with E-state index >= 15 is 0 Å². The van der Waals surface area contributed by atoms with Gasteiger partial charge in [-0.3, -0.25) is 4.79 Å². The summed E-state index contributed by atoms with van der Waals surface area (Å²) in [4.78, 5) is 14.8. The second-order valence-corrected chi connectivity index (χ2v) is 7.64. The fourth-order valence-electron chi connectivity index (χ4n) is 3.26. The Balaban J connectivity index is 1.58. The van der Waals surface area contributed by atoms with E-state index in [2.05, 4.69) is 5.16 Å². The predicted octanol–water partition coefficient (Wildman–Crippen LogP) is 5.99. The van der Waals surface area contributed by atoms with Crippen LogP contribution in [-0.2, 0) is 13.1 Å². The molecule has 0 saturated heterocycles. The fourth-order valence-corrected chi connectivity index (χ4v) is 3.38. The number of halogens is 2. The number of methoxy groups -OCH3 is 1. The number of hydrogen-bond acceptors (Lipinski definition) is 4. The first-order chi connectivity index (χ1) is 15.5. The Morgan fingerprint density at radius 3 is 2.34 bits per heavy atom. The summed E-state index contributed by atoms with van der Waals surface area (Å²) in [5.41, 5.74) is 2.74. The third kappa shape index (κ3) is 5.15. The van der Waals surface area contributed by atoms with Crippen molar-refractivity contribution < 1.29 is 18.4 Å². The van der Waals surface area contributed by atoms with Crippen LogP contribution in [0.4, 0.5) is 4.39 Å². The molecule has 1 aromatic heterocycles. The molecule has 4 rings (SSSR count). The van der Waals surface area contributed by atoms with Gasteiger partial charge in [0.2, 0.25) is 0 Å². The van der Waals surface area contributed by atoms with Crippen molar-refractivity contribution in [3.05, 3.63) is 107 Å². The van der Waals surface area contributed by atoms with Crippen LogP contribution >= 0.6 is 11.6 Å². The van der Waals surface area contributed by atoms with Gasteiger partial charge >= 0.3 is 0 Å². The van der Waals surface area contributed by atoms with Crippen LogP contribution in [0.1, 0.15) is 21.6 Å². The van der Waals surface area contributed by atoms with Gasteiger partial charge in [-0.05, 0) is 66.2 Å². The molecule has 5 nitrogen and oxygen atoms in total. The number of nitrogens with zero attached hydrogens (tertiary/aromatic N) is 2.